The van der Waals surface area contributed by atoms with Gasteiger partial charge in [0.25, 0.3) is 0 Å². The molecule has 2 aromatic rings. The van der Waals surface area contributed by atoms with Crippen molar-refractivity contribution >= 4 is 35.0 Å². The Morgan fingerprint density at radius 3 is 2.67 bits per heavy atom. The number of methoxy groups -OCH3 is 1. The van der Waals surface area contributed by atoms with Gasteiger partial charge in [-0.15, -0.1) is 11.8 Å². The van der Waals surface area contributed by atoms with E-state index in [0.29, 0.717) is 11.5 Å². The van der Waals surface area contributed by atoms with Gasteiger partial charge < -0.3 is 10.1 Å². The van der Waals surface area contributed by atoms with Crippen molar-refractivity contribution in [2.45, 2.75) is 44.4 Å². The third kappa shape index (κ3) is 4.19. The summed E-state index contributed by atoms with van der Waals surface area (Å²) in [6, 6.07) is 13.7. The van der Waals surface area contributed by atoms with Crippen molar-refractivity contribution in [1.29, 1.82) is 0 Å². The summed E-state index contributed by atoms with van der Waals surface area (Å²) in [5, 5.41) is 2.95. The van der Waals surface area contributed by atoms with E-state index in [1.807, 2.05) is 54.3 Å². The quantitative estimate of drug-likeness (QED) is 0.707. The molecule has 2 aliphatic rings. The number of para-hydroxylation sites is 1. The maximum atomic E-state index is 12.9. The van der Waals surface area contributed by atoms with Gasteiger partial charge in [-0.3, -0.25) is 14.5 Å². The number of nitrogens with zero attached hydrogens (tertiary/aromatic N) is 1. The number of amides is 2. The van der Waals surface area contributed by atoms with Gasteiger partial charge in [0.1, 0.15) is 11.1 Å². The molecule has 2 aromatic carbocycles. The fourth-order valence-electron chi connectivity index (χ4n) is 4.33. The fourth-order valence-corrected chi connectivity index (χ4v) is 5.53. The number of anilines is 2. The zero-order valence-corrected chi connectivity index (χ0v) is 18.3. The van der Waals surface area contributed by atoms with E-state index in [0.717, 1.165) is 48.2 Å². The summed E-state index contributed by atoms with van der Waals surface area (Å²) in [7, 11) is 1.62. The van der Waals surface area contributed by atoms with Gasteiger partial charge in [-0.25, -0.2) is 0 Å². The first kappa shape index (κ1) is 20.8. The van der Waals surface area contributed by atoms with Gasteiger partial charge in [-0.1, -0.05) is 43.5 Å². The number of benzene rings is 2. The summed E-state index contributed by atoms with van der Waals surface area (Å²) in [6.07, 6.45) is 5.37. The van der Waals surface area contributed by atoms with Crippen LogP contribution in [0.5, 0.6) is 5.75 Å². The lowest BCUT2D eigenvalue weighted by Gasteiger charge is -2.28. The summed E-state index contributed by atoms with van der Waals surface area (Å²) < 4.78 is 5.55. The highest BCUT2D eigenvalue weighted by atomic mass is 32.2. The topological polar surface area (TPSA) is 58.6 Å². The molecule has 30 heavy (non-hydrogen) atoms. The molecule has 1 atom stereocenters. The molecular weight excluding hydrogens is 396 g/mol. The molecule has 1 saturated heterocycles. The summed E-state index contributed by atoms with van der Waals surface area (Å²) >= 11 is 1.58. The van der Waals surface area contributed by atoms with Crippen LogP contribution in [-0.4, -0.2) is 24.7 Å². The molecule has 2 fully saturated rings. The Morgan fingerprint density at radius 2 is 1.90 bits per heavy atom. The van der Waals surface area contributed by atoms with Crippen molar-refractivity contribution in [2.75, 3.05) is 23.1 Å². The van der Waals surface area contributed by atoms with Crippen LogP contribution in [0.2, 0.25) is 0 Å². The highest BCUT2D eigenvalue weighted by Gasteiger charge is 2.37. The van der Waals surface area contributed by atoms with E-state index in [1.54, 1.807) is 18.9 Å². The van der Waals surface area contributed by atoms with Gasteiger partial charge in [0.05, 0.1) is 18.6 Å². The lowest BCUT2D eigenvalue weighted by atomic mass is 9.88. The van der Waals surface area contributed by atoms with Crippen molar-refractivity contribution in [3.63, 3.8) is 0 Å². The van der Waals surface area contributed by atoms with Crippen LogP contribution in [0.15, 0.2) is 42.5 Å². The molecule has 158 valence electrons. The molecule has 0 bridgehead atoms. The molecule has 6 heteroatoms. The molecule has 1 N–H and O–H groups in total. The number of aryl methyl sites for hydroxylation is 1. The summed E-state index contributed by atoms with van der Waals surface area (Å²) in [5.74, 6) is 1.29. The van der Waals surface area contributed by atoms with Gasteiger partial charge in [0, 0.05) is 17.2 Å². The number of rotatable bonds is 5. The van der Waals surface area contributed by atoms with Crippen LogP contribution in [0, 0.1) is 12.8 Å². The van der Waals surface area contributed by atoms with Crippen LogP contribution >= 0.6 is 11.8 Å². The van der Waals surface area contributed by atoms with E-state index in [4.69, 9.17) is 4.74 Å². The van der Waals surface area contributed by atoms with E-state index in [9.17, 15) is 9.59 Å². The van der Waals surface area contributed by atoms with Crippen LogP contribution < -0.4 is 15.0 Å². The maximum absolute atomic E-state index is 12.9. The third-order valence-corrected chi connectivity index (χ3v) is 7.12. The second-order valence-electron chi connectivity index (χ2n) is 8.01. The second-order valence-corrected chi connectivity index (χ2v) is 9.08. The number of hydrogen-bond acceptors (Lipinski definition) is 4. The molecular formula is C24H28N2O3S. The minimum atomic E-state index is -0.212. The van der Waals surface area contributed by atoms with E-state index in [2.05, 4.69) is 5.32 Å². The van der Waals surface area contributed by atoms with E-state index >= 15 is 0 Å². The Kier molecular flexibility index (Phi) is 6.32. The standard InChI is InChI=1S/C24H28N2O3S/c1-16-12-13-21(29-2)20(14-16)26-22(27)15-30-24(26)18-10-6-7-11-19(18)25-23(28)17-8-4-3-5-9-17/h6-7,10-14,17,24H,3-5,8-9,15H2,1-2H3,(H,25,28)/t24-/m0/s1. The molecule has 0 unspecified atom stereocenters. The zero-order valence-electron chi connectivity index (χ0n) is 17.5. The van der Waals surface area contributed by atoms with Crippen molar-refractivity contribution in [1.82, 2.24) is 0 Å². The highest BCUT2D eigenvalue weighted by Crippen LogP contribution is 2.47. The Bertz CT molecular complexity index is 940. The highest BCUT2D eigenvalue weighted by molar-refractivity contribution is 8.00. The normalized spacial score (nSPS) is 19.7. The average molecular weight is 425 g/mol. The molecule has 1 aliphatic heterocycles. The molecule has 0 aromatic heterocycles. The molecule has 0 spiro atoms. The predicted molar refractivity (Wildman–Crippen MR) is 122 cm³/mol. The largest absolute Gasteiger partial charge is 0.495 e. The van der Waals surface area contributed by atoms with Crippen LogP contribution in [-0.2, 0) is 9.59 Å². The molecule has 0 radical (unpaired) electrons. The first-order valence-electron chi connectivity index (χ1n) is 10.6. The van der Waals surface area contributed by atoms with Crippen molar-refractivity contribution in [2.24, 2.45) is 5.92 Å². The predicted octanol–water partition coefficient (Wildman–Crippen LogP) is 5.30. The van der Waals surface area contributed by atoms with Crippen LogP contribution in [0.1, 0.15) is 48.6 Å². The van der Waals surface area contributed by atoms with Gasteiger partial charge in [0.15, 0.2) is 0 Å². The molecule has 1 heterocycles. The SMILES string of the molecule is COc1ccc(C)cc1N1C(=O)CS[C@H]1c1ccccc1NC(=O)C1CCCCC1. The maximum Gasteiger partial charge on any atom is 0.238 e. The van der Waals surface area contributed by atoms with Crippen LogP contribution in [0.25, 0.3) is 0 Å². The van der Waals surface area contributed by atoms with Gasteiger partial charge in [-0.2, -0.15) is 0 Å². The number of nitrogens with one attached hydrogen (secondary N) is 1. The summed E-state index contributed by atoms with van der Waals surface area (Å²) in [5.41, 5.74) is 3.57. The first-order chi connectivity index (χ1) is 14.6. The number of hydrogen-bond donors (Lipinski definition) is 1. The molecule has 4 rings (SSSR count). The van der Waals surface area contributed by atoms with Crippen LogP contribution in [0.3, 0.4) is 0 Å². The Balaban J connectivity index is 1.65. The minimum Gasteiger partial charge on any atom is -0.495 e. The van der Waals surface area contributed by atoms with Crippen molar-refractivity contribution in [3.05, 3.63) is 53.6 Å². The zero-order chi connectivity index (χ0) is 21.1. The van der Waals surface area contributed by atoms with Gasteiger partial charge in [-0.05, 0) is 43.5 Å². The van der Waals surface area contributed by atoms with Gasteiger partial charge in [0.2, 0.25) is 11.8 Å². The third-order valence-electron chi connectivity index (χ3n) is 5.92. The molecule has 5 nitrogen and oxygen atoms in total. The smallest absolute Gasteiger partial charge is 0.238 e. The second kappa shape index (κ2) is 9.13. The lowest BCUT2D eigenvalue weighted by Crippen LogP contribution is -2.30. The Morgan fingerprint density at radius 1 is 1.13 bits per heavy atom. The van der Waals surface area contributed by atoms with Gasteiger partial charge >= 0.3 is 0 Å². The van der Waals surface area contributed by atoms with E-state index < -0.39 is 0 Å². The molecule has 1 saturated carbocycles. The van der Waals surface area contributed by atoms with E-state index in [1.165, 1.54) is 6.42 Å². The fraction of sp³-hybridized carbons (Fsp3) is 0.417. The van der Waals surface area contributed by atoms with E-state index in [-0.39, 0.29) is 23.1 Å². The number of ether oxygens (including phenoxy) is 1. The monoisotopic (exact) mass is 424 g/mol. The van der Waals surface area contributed by atoms with Crippen molar-refractivity contribution in [3.8, 4) is 5.75 Å². The number of thioether (sulfide) groups is 1. The summed E-state index contributed by atoms with van der Waals surface area (Å²) in [6.45, 7) is 2.00. The lowest BCUT2D eigenvalue weighted by molar-refractivity contribution is -0.120. The summed E-state index contributed by atoms with van der Waals surface area (Å²) in [4.78, 5) is 27.6. The Labute approximate surface area is 182 Å². The van der Waals surface area contributed by atoms with Crippen LogP contribution in [0.4, 0.5) is 11.4 Å². The number of carbonyl (C=O) groups is 2. The Hall–Kier alpha value is -2.47. The van der Waals surface area contributed by atoms with Crippen molar-refractivity contribution < 1.29 is 14.3 Å². The molecule has 1 aliphatic carbocycles. The minimum absolute atomic E-state index is 0.0438. The first-order valence-corrected chi connectivity index (χ1v) is 11.6. The molecule has 2 amide bonds. The average Bonchev–Trinajstić information content (AvgIpc) is 3.15. The number of carbonyl (C=O) groups excluding carboxylic acids is 2.